The number of carbonyl (C=O) groups is 2. The smallest absolute Gasteiger partial charge is 0.240 e. The van der Waals surface area contributed by atoms with Gasteiger partial charge in [-0.3, -0.25) is 9.59 Å². The molecule has 1 saturated carbocycles. The zero-order valence-corrected chi connectivity index (χ0v) is 13.8. The van der Waals surface area contributed by atoms with Crippen molar-refractivity contribution in [3.05, 3.63) is 29.3 Å². The molecule has 0 bridgehead atoms. The van der Waals surface area contributed by atoms with E-state index in [1.807, 2.05) is 32.0 Å². The van der Waals surface area contributed by atoms with Gasteiger partial charge in [0.1, 0.15) is 6.54 Å². The lowest BCUT2D eigenvalue weighted by atomic mass is 9.95. The third-order valence-corrected chi connectivity index (χ3v) is 4.45. The highest BCUT2D eigenvalue weighted by atomic mass is 16.2. The van der Waals surface area contributed by atoms with E-state index in [1.54, 1.807) is 4.90 Å². The van der Waals surface area contributed by atoms with E-state index in [4.69, 9.17) is 0 Å². The van der Waals surface area contributed by atoms with Crippen molar-refractivity contribution in [1.82, 2.24) is 5.32 Å². The number of rotatable bonds is 4. The highest BCUT2D eigenvalue weighted by molar-refractivity contribution is 5.97. The van der Waals surface area contributed by atoms with E-state index in [2.05, 4.69) is 5.32 Å². The van der Waals surface area contributed by atoms with Crippen LogP contribution in [0.2, 0.25) is 0 Å². The average molecular weight is 302 g/mol. The van der Waals surface area contributed by atoms with Gasteiger partial charge < -0.3 is 10.2 Å². The molecule has 0 radical (unpaired) electrons. The standard InChI is InChI=1S/C18H26N2O2/c1-13-9-10-17(11-14(13)2)20(15(3)21)12-18(22)19-16-7-5-4-6-8-16/h9-11,16H,4-8,12H2,1-3H3,(H,19,22). The predicted octanol–water partition coefficient (Wildman–Crippen LogP) is 3.11. The number of amides is 2. The molecule has 1 fully saturated rings. The summed E-state index contributed by atoms with van der Waals surface area (Å²) in [6, 6.07) is 6.12. The van der Waals surface area contributed by atoms with Gasteiger partial charge in [0.15, 0.2) is 0 Å². The van der Waals surface area contributed by atoms with Crippen LogP contribution in [0.15, 0.2) is 18.2 Å². The Morgan fingerprint density at radius 1 is 1.14 bits per heavy atom. The van der Waals surface area contributed by atoms with Crippen molar-refractivity contribution in [2.45, 2.75) is 58.9 Å². The zero-order valence-electron chi connectivity index (χ0n) is 13.8. The van der Waals surface area contributed by atoms with E-state index in [0.717, 1.165) is 24.1 Å². The van der Waals surface area contributed by atoms with Gasteiger partial charge >= 0.3 is 0 Å². The van der Waals surface area contributed by atoms with Gasteiger partial charge in [0, 0.05) is 18.7 Å². The molecule has 1 aliphatic rings. The van der Waals surface area contributed by atoms with Gasteiger partial charge in [-0.25, -0.2) is 0 Å². The third-order valence-electron chi connectivity index (χ3n) is 4.45. The first kappa shape index (κ1) is 16.5. The second-order valence-electron chi connectivity index (χ2n) is 6.28. The number of hydrogen-bond donors (Lipinski definition) is 1. The molecule has 1 aromatic rings. The van der Waals surface area contributed by atoms with Crippen molar-refractivity contribution >= 4 is 17.5 Å². The van der Waals surface area contributed by atoms with E-state index in [1.165, 1.54) is 31.7 Å². The summed E-state index contributed by atoms with van der Waals surface area (Å²) in [5.74, 6) is -0.178. The van der Waals surface area contributed by atoms with Crippen LogP contribution < -0.4 is 10.2 Å². The molecule has 2 amide bonds. The van der Waals surface area contributed by atoms with Crippen LogP contribution in [0.5, 0.6) is 0 Å². The molecule has 0 heterocycles. The Hall–Kier alpha value is -1.84. The maximum absolute atomic E-state index is 12.2. The molecule has 1 aliphatic carbocycles. The second-order valence-corrected chi connectivity index (χ2v) is 6.28. The molecule has 0 aliphatic heterocycles. The Morgan fingerprint density at radius 2 is 1.82 bits per heavy atom. The summed E-state index contributed by atoms with van der Waals surface area (Å²) in [5.41, 5.74) is 3.09. The quantitative estimate of drug-likeness (QED) is 0.929. The Kier molecular flexibility index (Phi) is 5.58. The van der Waals surface area contributed by atoms with Gasteiger partial charge in [-0.15, -0.1) is 0 Å². The Labute approximate surface area is 132 Å². The largest absolute Gasteiger partial charge is 0.352 e. The molecule has 4 heteroatoms. The van der Waals surface area contributed by atoms with E-state index in [-0.39, 0.29) is 24.4 Å². The third kappa shape index (κ3) is 4.33. The van der Waals surface area contributed by atoms with E-state index < -0.39 is 0 Å². The van der Waals surface area contributed by atoms with Crippen LogP contribution in [0.25, 0.3) is 0 Å². The summed E-state index contributed by atoms with van der Waals surface area (Å²) >= 11 is 0. The summed E-state index contributed by atoms with van der Waals surface area (Å²) in [5, 5.41) is 3.07. The molecule has 0 aromatic heterocycles. The van der Waals surface area contributed by atoms with Crippen LogP contribution >= 0.6 is 0 Å². The summed E-state index contributed by atoms with van der Waals surface area (Å²) in [6.07, 6.45) is 5.72. The SMILES string of the molecule is CC(=O)N(CC(=O)NC1CCCCC1)c1ccc(C)c(C)c1. The number of nitrogens with zero attached hydrogens (tertiary/aromatic N) is 1. The molecule has 0 saturated heterocycles. The van der Waals surface area contributed by atoms with Crippen LogP contribution in [-0.2, 0) is 9.59 Å². The first-order chi connectivity index (χ1) is 10.5. The molecular formula is C18H26N2O2. The van der Waals surface area contributed by atoms with Gasteiger partial charge in [-0.05, 0) is 49.9 Å². The molecule has 0 unspecified atom stereocenters. The van der Waals surface area contributed by atoms with Gasteiger partial charge in [0.25, 0.3) is 0 Å². The second kappa shape index (κ2) is 7.43. The van der Waals surface area contributed by atoms with Crippen molar-refractivity contribution in [2.24, 2.45) is 0 Å². The summed E-state index contributed by atoms with van der Waals surface area (Å²) < 4.78 is 0. The number of anilines is 1. The minimum absolute atomic E-state index is 0.0691. The fraction of sp³-hybridized carbons (Fsp3) is 0.556. The molecule has 4 nitrogen and oxygen atoms in total. The van der Waals surface area contributed by atoms with E-state index >= 15 is 0 Å². The highest BCUT2D eigenvalue weighted by Gasteiger charge is 2.20. The molecule has 120 valence electrons. The Morgan fingerprint density at radius 3 is 2.41 bits per heavy atom. The molecular weight excluding hydrogens is 276 g/mol. The van der Waals surface area contributed by atoms with Crippen molar-refractivity contribution in [2.75, 3.05) is 11.4 Å². The minimum atomic E-state index is -0.109. The van der Waals surface area contributed by atoms with E-state index in [0.29, 0.717) is 0 Å². The summed E-state index contributed by atoms with van der Waals surface area (Å²) in [4.78, 5) is 25.7. The maximum Gasteiger partial charge on any atom is 0.240 e. The van der Waals surface area contributed by atoms with Crippen LogP contribution in [0.3, 0.4) is 0 Å². The number of aryl methyl sites for hydroxylation is 2. The molecule has 0 spiro atoms. The van der Waals surface area contributed by atoms with Gasteiger partial charge in [-0.2, -0.15) is 0 Å². The van der Waals surface area contributed by atoms with Gasteiger partial charge in [0.05, 0.1) is 0 Å². The van der Waals surface area contributed by atoms with Gasteiger partial charge in [0.2, 0.25) is 11.8 Å². The Balaban J connectivity index is 2.03. The molecule has 1 N–H and O–H groups in total. The number of carbonyl (C=O) groups excluding carboxylic acids is 2. The maximum atomic E-state index is 12.2. The van der Waals surface area contributed by atoms with Crippen molar-refractivity contribution in [3.8, 4) is 0 Å². The first-order valence-electron chi connectivity index (χ1n) is 8.12. The normalized spacial score (nSPS) is 15.4. The number of benzene rings is 1. The monoisotopic (exact) mass is 302 g/mol. The summed E-state index contributed by atoms with van der Waals surface area (Å²) in [7, 11) is 0. The first-order valence-corrected chi connectivity index (χ1v) is 8.12. The number of hydrogen-bond acceptors (Lipinski definition) is 2. The lowest BCUT2D eigenvalue weighted by molar-refractivity contribution is -0.123. The van der Waals surface area contributed by atoms with Crippen LogP contribution in [-0.4, -0.2) is 24.4 Å². The zero-order chi connectivity index (χ0) is 16.1. The fourth-order valence-electron chi connectivity index (χ4n) is 2.94. The van der Waals surface area contributed by atoms with Crippen molar-refractivity contribution in [1.29, 1.82) is 0 Å². The lowest BCUT2D eigenvalue weighted by Gasteiger charge is -2.26. The minimum Gasteiger partial charge on any atom is -0.352 e. The average Bonchev–Trinajstić information content (AvgIpc) is 2.48. The molecule has 0 atom stereocenters. The topological polar surface area (TPSA) is 49.4 Å². The van der Waals surface area contributed by atoms with Gasteiger partial charge in [-0.1, -0.05) is 25.3 Å². The van der Waals surface area contributed by atoms with Crippen LogP contribution in [0, 0.1) is 13.8 Å². The van der Waals surface area contributed by atoms with E-state index in [9.17, 15) is 9.59 Å². The van der Waals surface area contributed by atoms with Crippen LogP contribution in [0.1, 0.15) is 50.2 Å². The van der Waals surface area contributed by atoms with Crippen molar-refractivity contribution in [3.63, 3.8) is 0 Å². The van der Waals surface area contributed by atoms with Crippen molar-refractivity contribution < 1.29 is 9.59 Å². The highest BCUT2D eigenvalue weighted by Crippen LogP contribution is 2.20. The Bertz CT molecular complexity index is 548. The van der Waals surface area contributed by atoms with Crippen LogP contribution in [0.4, 0.5) is 5.69 Å². The predicted molar refractivity (Wildman–Crippen MR) is 89.0 cm³/mol. The summed E-state index contributed by atoms with van der Waals surface area (Å²) in [6.45, 7) is 5.64. The number of nitrogens with one attached hydrogen (secondary N) is 1. The molecule has 2 rings (SSSR count). The lowest BCUT2D eigenvalue weighted by Crippen LogP contribution is -2.44. The fourth-order valence-corrected chi connectivity index (χ4v) is 2.94. The molecule has 1 aromatic carbocycles. The molecule has 22 heavy (non-hydrogen) atoms.